The molecule has 2 N–H and O–H groups in total. The Balaban J connectivity index is 1.41. The Labute approximate surface area is 208 Å². The number of ether oxygens (including phenoxy) is 2. The molecule has 1 amide bonds. The molecule has 7 heteroatoms. The molecule has 4 aromatic rings. The van der Waals surface area contributed by atoms with Gasteiger partial charge in [-0.15, -0.1) is 0 Å². The second kappa shape index (κ2) is 12.2. The average molecular weight is 485 g/mol. The molecule has 1 atom stereocenters. The summed E-state index contributed by atoms with van der Waals surface area (Å²) in [7, 11) is 0. The molecule has 0 aliphatic carbocycles. The fourth-order valence-electron chi connectivity index (χ4n) is 3.48. The third-order valence-corrected chi connectivity index (χ3v) is 5.32. The van der Waals surface area contributed by atoms with Gasteiger partial charge in [0.1, 0.15) is 19.0 Å². The maximum Gasteiger partial charge on any atom is 0.411 e. The standard InChI is InChI=1S/C29H25FN2O4/c30-25-18-24(31-29(34)36-20-22-12-6-2-7-13-22)16-17-26(25)32-27(23-14-8-3-9-15-23)28(33)35-19-21-10-4-1-5-11-21/h1-18,27,32H,19-20H2,(H,31,34). The van der Waals surface area contributed by atoms with E-state index in [1.165, 1.54) is 12.1 Å². The first-order chi connectivity index (χ1) is 17.6. The summed E-state index contributed by atoms with van der Waals surface area (Å²) in [6.45, 7) is 0.194. The number of benzene rings is 4. The van der Waals surface area contributed by atoms with Gasteiger partial charge in [0.15, 0.2) is 6.04 Å². The van der Waals surface area contributed by atoms with Crippen LogP contribution in [0.2, 0.25) is 0 Å². The molecule has 0 aliphatic heterocycles. The van der Waals surface area contributed by atoms with Crippen LogP contribution in [0.25, 0.3) is 0 Å². The first-order valence-electron chi connectivity index (χ1n) is 11.4. The second-order valence-corrected chi connectivity index (χ2v) is 7.96. The Hall–Kier alpha value is -4.65. The number of amides is 1. The Bertz CT molecular complexity index is 1280. The van der Waals surface area contributed by atoms with E-state index in [9.17, 15) is 14.0 Å². The summed E-state index contributed by atoms with van der Waals surface area (Å²) in [6, 6.07) is 30.7. The van der Waals surface area contributed by atoms with Crippen LogP contribution in [0.15, 0.2) is 109 Å². The topological polar surface area (TPSA) is 76.7 Å². The number of esters is 1. The van der Waals surface area contributed by atoms with E-state index in [0.29, 0.717) is 5.56 Å². The molecule has 0 spiro atoms. The highest BCUT2D eigenvalue weighted by Crippen LogP contribution is 2.26. The lowest BCUT2D eigenvalue weighted by Gasteiger charge is -2.20. The number of hydrogen-bond acceptors (Lipinski definition) is 5. The minimum atomic E-state index is -0.931. The van der Waals surface area contributed by atoms with Gasteiger partial charge in [0.2, 0.25) is 0 Å². The summed E-state index contributed by atoms with van der Waals surface area (Å²) in [6.07, 6.45) is -0.703. The van der Waals surface area contributed by atoms with Crippen LogP contribution < -0.4 is 10.6 Å². The number of nitrogens with one attached hydrogen (secondary N) is 2. The Kier molecular flexibility index (Phi) is 8.27. The third kappa shape index (κ3) is 6.93. The molecule has 36 heavy (non-hydrogen) atoms. The number of halogens is 1. The van der Waals surface area contributed by atoms with Crippen LogP contribution in [0.5, 0.6) is 0 Å². The van der Waals surface area contributed by atoms with E-state index in [1.807, 2.05) is 66.7 Å². The lowest BCUT2D eigenvalue weighted by Crippen LogP contribution is -2.24. The normalized spacial score (nSPS) is 11.2. The molecule has 0 aromatic heterocycles. The first-order valence-corrected chi connectivity index (χ1v) is 11.4. The van der Waals surface area contributed by atoms with Gasteiger partial charge in [0.05, 0.1) is 5.69 Å². The predicted molar refractivity (Wildman–Crippen MR) is 136 cm³/mol. The molecule has 0 aliphatic rings. The number of hydrogen-bond donors (Lipinski definition) is 2. The van der Waals surface area contributed by atoms with E-state index in [-0.39, 0.29) is 24.6 Å². The number of carbonyl (C=O) groups is 2. The van der Waals surface area contributed by atoms with Gasteiger partial charge in [-0.05, 0) is 34.9 Å². The zero-order chi connectivity index (χ0) is 25.2. The first kappa shape index (κ1) is 24.5. The second-order valence-electron chi connectivity index (χ2n) is 7.96. The quantitative estimate of drug-likeness (QED) is 0.266. The van der Waals surface area contributed by atoms with Gasteiger partial charge in [-0.1, -0.05) is 91.0 Å². The summed E-state index contributed by atoms with van der Waals surface area (Å²) in [5.41, 5.74) is 2.62. The molecule has 4 rings (SSSR count). The van der Waals surface area contributed by atoms with Gasteiger partial charge < -0.3 is 14.8 Å². The van der Waals surface area contributed by atoms with Crippen LogP contribution in [0.3, 0.4) is 0 Å². The SMILES string of the molecule is O=C(Nc1ccc(NC(C(=O)OCc2ccccc2)c2ccccc2)c(F)c1)OCc1ccccc1. The number of rotatable bonds is 9. The van der Waals surface area contributed by atoms with Gasteiger partial charge >= 0.3 is 12.1 Å². The molecule has 0 saturated heterocycles. The maximum atomic E-state index is 14.9. The minimum Gasteiger partial charge on any atom is -0.459 e. The largest absolute Gasteiger partial charge is 0.459 e. The smallest absolute Gasteiger partial charge is 0.411 e. The Morgan fingerprint density at radius 3 is 1.86 bits per heavy atom. The molecule has 6 nitrogen and oxygen atoms in total. The van der Waals surface area contributed by atoms with E-state index in [1.54, 1.807) is 24.3 Å². The van der Waals surface area contributed by atoms with Crippen molar-refractivity contribution in [1.29, 1.82) is 0 Å². The van der Waals surface area contributed by atoms with E-state index in [2.05, 4.69) is 10.6 Å². The highest BCUT2D eigenvalue weighted by molar-refractivity contribution is 5.85. The van der Waals surface area contributed by atoms with Crippen molar-refractivity contribution < 1.29 is 23.5 Å². The van der Waals surface area contributed by atoms with Crippen LogP contribution >= 0.6 is 0 Å². The predicted octanol–water partition coefficient (Wildman–Crippen LogP) is 6.47. The van der Waals surface area contributed by atoms with Crippen molar-refractivity contribution >= 4 is 23.4 Å². The van der Waals surface area contributed by atoms with Crippen LogP contribution in [0.1, 0.15) is 22.7 Å². The monoisotopic (exact) mass is 484 g/mol. The van der Waals surface area contributed by atoms with Crippen molar-refractivity contribution in [3.63, 3.8) is 0 Å². The molecule has 0 saturated carbocycles. The Morgan fingerprint density at radius 1 is 0.722 bits per heavy atom. The molecular weight excluding hydrogens is 459 g/mol. The lowest BCUT2D eigenvalue weighted by molar-refractivity contribution is -0.146. The molecule has 0 bridgehead atoms. The molecule has 4 aromatic carbocycles. The molecule has 1 unspecified atom stereocenters. The number of carbonyl (C=O) groups excluding carboxylic acids is 2. The van der Waals surface area contributed by atoms with Crippen LogP contribution in [0, 0.1) is 5.82 Å². The van der Waals surface area contributed by atoms with E-state index >= 15 is 0 Å². The van der Waals surface area contributed by atoms with Crippen molar-refractivity contribution in [1.82, 2.24) is 0 Å². The molecule has 0 heterocycles. The van der Waals surface area contributed by atoms with Gasteiger partial charge in [-0.3, -0.25) is 5.32 Å². The lowest BCUT2D eigenvalue weighted by atomic mass is 10.1. The molecular formula is C29H25FN2O4. The van der Waals surface area contributed by atoms with Crippen molar-refractivity contribution in [2.45, 2.75) is 19.3 Å². The summed E-state index contributed by atoms with van der Waals surface area (Å²) in [4.78, 5) is 25.0. The highest BCUT2D eigenvalue weighted by Gasteiger charge is 2.23. The molecule has 0 radical (unpaired) electrons. The van der Waals surface area contributed by atoms with Gasteiger partial charge in [-0.25, -0.2) is 14.0 Å². The Morgan fingerprint density at radius 2 is 1.28 bits per heavy atom. The van der Waals surface area contributed by atoms with E-state index < -0.39 is 23.9 Å². The van der Waals surface area contributed by atoms with Crippen LogP contribution in [-0.4, -0.2) is 12.1 Å². The van der Waals surface area contributed by atoms with Crippen molar-refractivity contribution in [2.75, 3.05) is 10.6 Å². The van der Waals surface area contributed by atoms with E-state index in [0.717, 1.165) is 17.2 Å². The van der Waals surface area contributed by atoms with Crippen molar-refractivity contribution in [3.05, 3.63) is 132 Å². The van der Waals surface area contributed by atoms with Crippen molar-refractivity contribution in [3.8, 4) is 0 Å². The van der Waals surface area contributed by atoms with Gasteiger partial charge in [-0.2, -0.15) is 0 Å². The number of anilines is 2. The third-order valence-electron chi connectivity index (χ3n) is 5.32. The van der Waals surface area contributed by atoms with E-state index in [4.69, 9.17) is 9.47 Å². The van der Waals surface area contributed by atoms with Crippen LogP contribution in [0.4, 0.5) is 20.6 Å². The van der Waals surface area contributed by atoms with Gasteiger partial charge in [0.25, 0.3) is 0 Å². The zero-order valence-electron chi connectivity index (χ0n) is 19.4. The van der Waals surface area contributed by atoms with Crippen LogP contribution in [-0.2, 0) is 27.5 Å². The van der Waals surface area contributed by atoms with Crippen molar-refractivity contribution in [2.24, 2.45) is 0 Å². The highest BCUT2D eigenvalue weighted by atomic mass is 19.1. The molecule has 0 fully saturated rings. The summed E-state index contributed by atoms with van der Waals surface area (Å²) in [5, 5.41) is 5.44. The maximum absolute atomic E-state index is 14.9. The fourth-order valence-corrected chi connectivity index (χ4v) is 3.48. The molecule has 182 valence electrons. The fraction of sp³-hybridized carbons (Fsp3) is 0.103. The average Bonchev–Trinajstić information content (AvgIpc) is 2.92. The zero-order valence-corrected chi connectivity index (χ0v) is 19.4. The minimum absolute atomic E-state index is 0.0868. The van der Waals surface area contributed by atoms with Gasteiger partial charge in [0, 0.05) is 5.69 Å². The summed E-state index contributed by atoms with van der Waals surface area (Å²) >= 11 is 0. The summed E-state index contributed by atoms with van der Waals surface area (Å²) in [5.74, 6) is -1.19. The summed E-state index contributed by atoms with van der Waals surface area (Å²) < 4.78 is 25.6.